The Morgan fingerprint density at radius 2 is 1.45 bits per heavy atom. The van der Waals surface area contributed by atoms with Crippen LogP contribution < -0.4 is 4.90 Å². The van der Waals surface area contributed by atoms with Gasteiger partial charge in [0, 0.05) is 19.3 Å². The van der Waals surface area contributed by atoms with Crippen molar-refractivity contribution in [2.45, 2.75) is 6.92 Å². The van der Waals surface area contributed by atoms with E-state index in [2.05, 4.69) is 28.1 Å². The first-order chi connectivity index (χ1) is 9.72. The minimum Gasteiger partial charge on any atom is -0.375 e. The topological polar surface area (TPSA) is 51.8 Å². The van der Waals surface area contributed by atoms with Gasteiger partial charge in [-0.2, -0.15) is 15.5 Å². The molecule has 2 rings (SSSR count). The predicted octanol–water partition coefficient (Wildman–Crippen LogP) is 4.43. The fourth-order valence-corrected chi connectivity index (χ4v) is 1.67. The van der Waals surface area contributed by atoms with Gasteiger partial charge in [0.15, 0.2) is 0 Å². The van der Waals surface area contributed by atoms with E-state index in [1.165, 1.54) is 0 Å². The molecule has 4 heteroatoms. The average molecular weight is 264 g/mol. The maximum absolute atomic E-state index is 8.72. The standard InChI is InChI=1S/C16H16N4/c1-3-20(2)16-10-8-15(9-11-16)19-18-14-6-4-13(12-17)5-7-14/h4-11H,3H2,1-2H3. The molecule has 0 saturated heterocycles. The first-order valence-corrected chi connectivity index (χ1v) is 6.46. The third-order valence-electron chi connectivity index (χ3n) is 3.04. The largest absolute Gasteiger partial charge is 0.375 e. The number of azo groups is 1. The number of benzene rings is 2. The van der Waals surface area contributed by atoms with Crippen molar-refractivity contribution in [1.29, 1.82) is 5.26 Å². The summed E-state index contributed by atoms with van der Waals surface area (Å²) in [7, 11) is 2.05. The number of nitrogens with zero attached hydrogens (tertiary/aromatic N) is 4. The van der Waals surface area contributed by atoms with Crippen molar-refractivity contribution in [3.63, 3.8) is 0 Å². The lowest BCUT2D eigenvalue weighted by Crippen LogP contribution is -2.15. The molecule has 0 aliphatic rings. The zero-order chi connectivity index (χ0) is 14.4. The molecular formula is C16H16N4. The number of hydrogen-bond donors (Lipinski definition) is 0. The van der Waals surface area contributed by atoms with Crippen molar-refractivity contribution >= 4 is 17.1 Å². The molecule has 0 N–H and O–H groups in total. The van der Waals surface area contributed by atoms with Crippen LogP contribution in [0.5, 0.6) is 0 Å². The van der Waals surface area contributed by atoms with Crippen LogP contribution in [-0.4, -0.2) is 13.6 Å². The van der Waals surface area contributed by atoms with E-state index < -0.39 is 0 Å². The minimum absolute atomic E-state index is 0.621. The van der Waals surface area contributed by atoms with E-state index in [0.717, 1.165) is 23.6 Å². The first kappa shape index (κ1) is 13.8. The zero-order valence-corrected chi connectivity index (χ0v) is 11.6. The van der Waals surface area contributed by atoms with Crippen molar-refractivity contribution in [3.05, 3.63) is 54.1 Å². The summed E-state index contributed by atoms with van der Waals surface area (Å²) in [5, 5.41) is 17.0. The highest BCUT2D eigenvalue weighted by Crippen LogP contribution is 2.21. The molecule has 0 unspecified atom stereocenters. The molecule has 0 heterocycles. The number of nitriles is 1. The van der Waals surface area contributed by atoms with Gasteiger partial charge in [-0.05, 0) is 55.5 Å². The lowest BCUT2D eigenvalue weighted by atomic mass is 10.2. The Labute approximate surface area is 119 Å². The van der Waals surface area contributed by atoms with Crippen molar-refractivity contribution < 1.29 is 0 Å². The molecule has 0 bridgehead atoms. The third kappa shape index (κ3) is 3.42. The van der Waals surface area contributed by atoms with Gasteiger partial charge >= 0.3 is 0 Å². The van der Waals surface area contributed by atoms with Gasteiger partial charge in [0.05, 0.1) is 23.0 Å². The van der Waals surface area contributed by atoms with Crippen LogP contribution in [0.4, 0.5) is 17.1 Å². The minimum atomic E-state index is 0.621. The quantitative estimate of drug-likeness (QED) is 0.767. The molecule has 0 radical (unpaired) electrons. The van der Waals surface area contributed by atoms with E-state index in [9.17, 15) is 0 Å². The molecule has 100 valence electrons. The Kier molecular flexibility index (Phi) is 4.46. The van der Waals surface area contributed by atoms with E-state index in [1.807, 2.05) is 31.3 Å². The van der Waals surface area contributed by atoms with E-state index in [0.29, 0.717) is 5.56 Å². The molecule has 0 aliphatic carbocycles. The second-order valence-corrected chi connectivity index (χ2v) is 4.39. The van der Waals surface area contributed by atoms with Crippen LogP contribution in [-0.2, 0) is 0 Å². The van der Waals surface area contributed by atoms with Crippen molar-refractivity contribution in [1.82, 2.24) is 0 Å². The molecule has 4 nitrogen and oxygen atoms in total. The van der Waals surface area contributed by atoms with Crippen LogP contribution in [0.3, 0.4) is 0 Å². The molecule has 2 aromatic carbocycles. The Hall–Kier alpha value is -2.67. The van der Waals surface area contributed by atoms with Gasteiger partial charge in [-0.3, -0.25) is 0 Å². The van der Waals surface area contributed by atoms with Gasteiger partial charge in [-0.15, -0.1) is 0 Å². The molecule has 0 aromatic heterocycles. The maximum atomic E-state index is 8.72. The van der Waals surface area contributed by atoms with Crippen molar-refractivity contribution in [3.8, 4) is 6.07 Å². The van der Waals surface area contributed by atoms with Crippen LogP contribution in [0.15, 0.2) is 58.8 Å². The van der Waals surface area contributed by atoms with Gasteiger partial charge < -0.3 is 4.90 Å². The Balaban J connectivity index is 2.09. The first-order valence-electron chi connectivity index (χ1n) is 6.46. The van der Waals surface area contributed by atoms with Crippen LogP contribution in [0, 0.1) is 11.3 Å². The lowest BCUT2D eigenvalue weighted by molar-refractivity contribution is 0.968. The molecule has 0 saturated carbocycles. The summed E-state index contributed by atoms with van der Waals surface area (Å²) < 4.78 is 0. The molecule has 0 aliphatic heterocycles. The Morgan fingerprint density at radius 3 is 1.90 bits per heavy atom. The Morgan fingerprint density at radius 1 is 0.950 bits per heavy atom. The maximum Gasteiger partial charge on any atom is 0.0991 e. The fourth-order valence-electron chi connectivity index (χ4n) is 1.67. The van der Waals surface area contributed by atoms with Gasteiger partial charge in [0.2, 0.25) is 0 Å². The highest BCUT2D eigenvalue weighted by atomic mass is 15.1. The van der Waals surface area contributed by atoms with Crippen LogP contribution >= 0.6 is 0 Å². The van der Waals surface area contributed by atoms with Crippen molar-refractivity contribution in [2.24, 2.45) is 10.2 Å². The van der Waals surface area contributed by atoms with Gasteiger partial charge in [0.1, 0.15) is 0 Å². The number of anilines is 1. The highest BCUT2D eigenvalue weighted by Gasteiger charge is 1.97. The molecular weight excluding hydrogens is 248 g/mol. The fraction of sp³-hybridized carbons (Fsp3) is 0.188. The summed E-state index contributed by atoms with van der Waals surface area (Å²) in [5.74, 6) is 0. The predicted molar refractivity (Wildman–Crippen MR) is 80.7 cm³/mol. The van der Waals surface area contributed by atoms with Crippen LogP contribution in [0.2, 0.25) is 0 Å². The smallest absolute Gasteiger partial charge is 0.0991 e. The van der Waals surface area contributed by atoms with Gasteiger partial charge in [-0.1, -0.05) is 0 Å². The second kappa shape index (κ2) is 6.48. The van der Waals surface area contributed by atoms with E-state index in [-0.39, 0.29) is 0 Å². The van der Waals surface area contributed by atoms with E-state index >= 15 is 0 Å². The number of rotatable bonds is 4. The molecule has 0 amide bonds. The van der Waals surface area contributed by atoms with Gasteiger partial charge in [-0.25, -0.2) is 0 Å². The normalized spacial score (nSPS) is 10.4. The third-order valence-corrected chi connectivity index (χ3v) is 3.04. The number of hydrogen-bond acceptors (Lipinski definition) is 4. The lowest BCUT2D eigenvalue weighted by Gasteiger charge is -2.16. The summed E-state index contributed by atoms with van der Waals surface area (Å²) in [6.07, 6.45) is 0. The molecule has 0 atom stereocenters. The SMILES string of the molecule is CCN(C)c1ccc(N=Nc2ccc(C#N)cc2)cc1. The van der Waals surface area contributed by atoms with Crippen LogP contribution in [0.1, 0.15) is 12.5 Å². The summed E-state index contributed by atoms with van der Waals surface area (Å²) in [4.78, 5) is 2.15. The Bertz CT molecular complexity index is 621. The molecule has 0 spiro atoms. The molecule has 20 heavy (non-hydrogen) atoms. The summed E-state index contributed by atoms with van der Waals surface area (Å²) in [6, 6.07) is 17.0. The van der Waals surface area contributed by atoms with E-state index in [4.69, 9.17) is 5.26 Å². The average Bonchev–Trinajstić information content (AvgIpc) is 2.53. The summed E-state index contributed by atoms with van der Waals surface area (Å²) >= 11 is 0. The monoisotopic (exact) mass is 264 g/mol. The molecule has 2 aromatic rings. The second-order valence-electron chi connectivity index (χ2n) is 4.39. The zero-order valence-electron chi connectivity index (χ0n) is 11.6. The summed E-state index contributed by atoms with van der Waals surface area (Å²) in [5.41, 5.74) is 3.32. The van der Waals surface area contributed by atoms with Crippen molar-refractivity contribution in [2.75, 3.05) is 18.5 Å². The highest BCUT2D eigenvalue weighted by molar-refractivity contribution is 5.52. The summed E-state index contributed by atoms with van der Waals surface area (Å²) in [6.45, 7) is 3.07. The molecule has 0 fully saturated rings. The van der Waals surface area contributed by atoms with Gasteiger partial charge in [0.25, 0.3) is 0 Å². The van der Waals surface area contributed by atoms with Crippen LogP contribution in [0.25, 0.3) is 0 Å². The van der Waals surface area contributed by atoms with E-state index in [1.54, 1.807) is 24.3 Å².